The molecule has 0 saturated heterocycles. The van der Waals surface area contributed by atoms with Crippen molar-refractivity contribution in [2.24, 2.45) is 17.2 Å². The Balaban J connectivity index is 1.82. The van der Waals surface area contributed by atoms with Crippen LogP contribution in [0.1, 0.15) is 29.2 Å². The van der Waals surface area contributed by atoms with Crippen LogP contribution in [0.2, 0.25) is 0 Å². The number of carbonyl (C=O) groups is 3. The fourth-order valence-corrected chi connectivity index (χ4v) is 4.21. The lowest BCUT2D eigenvalue weighted by Gasteiger charge is -2.26. The second-order valence-electron chi connectivity index (χ2n) is 9.39. The maximum atomic E-state index is 13.3. The van der Waals surface area contributed by atoms with Crippen LogP contribution in [-0.2, 0) is 31.8 Å². The lowest BCUT2D eigenvalue weighted by Crippen LogP contribution is -2.53. The van der Waals surface area contributed by atoms with E-state index in [0.29, 0.717) is 11.0 Å². The van der Waals surface area contributed by atoms with E-state index in [4.69, 9.17) is 21.9 Å². The molecule has 1 aliphatic rings. The predicted molar refractivity (Wildman–Crippen MR) is 143 cm³/mol. The number of carbonyl (C=O) groups excluding carboxylic acids is 3. The number of rotatable bonds is 12. The van der Waals surface area contributed by atoms with Crippen molar-refractivity contribution < 1.29 is 42.3 Å². The van der Waals surface area contributed by atoms with Gasteiger partial charge in [-0.2, -0.15) is 13.2 Å². The van der Waals surface area contributed by atoms with Gasteiger partial charge < -0.3 is 47.5 Å². The van der Waals surface area contributed by atoms with E-state index in [9.17, 15) is 37.7 Å². The molecule has 3 atom stereocenters. The van der Waals surface area contributed by atoms with E-state index < -0.39 is 61.2 Å². The van der Waals surface area contributed by atoms with Crippen molar-refractivity contribution in [1.29, 1.82) is 0 Å². The molecule has 16 heteroatoms. The average molecular weight is 580 g/mol. The van der Waals surface area contributed by atoms with E-state index >= 15 is 0 Å². The molecular formula is C25H32BF3N6O6. The van der Waals surface area contributed by atoms with Crippen LogP contribution >= 0.6 is 0 Å². The van der Waals surface area contributed by atoms with Gasteiger partial charge in [-0.25, -0.2) is 0 Å². The van der Waals surface area contributed by atoms with Gasteiger partial charge in [0.25, 0.3) is 0 Å². The summed E-state index contributed by atoms with van der Waals surface area (Å²) in [4.78, 5) is 40.2. The molecule has 0 unspecified atom stereocenters. The van der Waals surface area contributed by atoms with Crippen LogP contribution in [0.25, 0.3) is 0 Å². The van der Waals surface area contributed by atoms with Crippen molar-refractivity contribution in [2.45, 2.75) is 37.4 Å². The first kappa shape index (κ1) is 32.0. The van der Waals surface area contributed by atoms with Gasteiger partial charge in [0.05, 0.1) is 24.6 Å². The molecule has 3 rings (SSSR count). The first-order valence-corrected chi connectivity index (χ1v) is 12.7. The molecule has 2 aromatic rings. The molecule has 10 N–H and O–H groups in total. The fourth-order valence-electron chi connectivity index (χ4n) is 4.21. The van der Waals surface area contributed by atoms with Crippen molar-refractivity contribution in [3.05, 3.63) is 59.2 Å². The number of benzene rings is 2. The number of hydrogen-bond donors (Lipinski definition) is 7. The molecule has 0 radical (unpaired) electrons. The van der Waals surface area contributed by atoms with Crippen molar-refractivity contribution in [3.8, 4) is 0 Å². The summed E-state index contributed by atoms with van der Waals surface area (Å²) in [6, 6.07) is 4.79. The molecule has 1 aliphatic heterocycles. The topological polar surface area (TPSA) is 206 Å². The van der Waals surface area contributed by atoms with Crippen molar-refractivity contribution in [2.75, 3.05) is 31.5 Å². The van der Waals surface area contributed by atoms with Gasteiger partial charge in [-0.15, -0.1) is 0 Å². The molecule has 3 amide bonds. The quantitative estimate of drug-likeness (QED) is 0.146. The summed E-state index contributed by atoms with van der Waals surface area (Å²) >= 11 is 0. The zero-order valence-electron chi connectivity index (χ0n) is 21.9. The number of aliphatic hydroxyl groups excluding tert-OH is 1. The van der Waals surface area contributed by atoms with Crippen LogP contribution < -0.4 is 33.3 Å². The van der Waals surface area contributed by atoms with Gasteiger partial charge in [0, 0.05) is 31.9 Å². The number of alkyl halides is 3. The van der Waals surface area contributed by atoms with Crippen LogP contribution in [0.3, 0.4) is 0 Å². The highest BCUT2D eigenvalue weighted by Crippen LogP contribution is 2.30. The SMILES string of the molecule is NCCN(CCN)C(=O)C[C@H](N)C(=O)N[C@H](C(=O)Nc1ccc2c(c1)B(O)OC2)[C@H](O)c1ccc(C(F)(F)F)cc1. The Bertz CT molecular complexity index is 1230. The Morgan fingerprint density at radius 1 is 1.05 bits per heavy atom. The highest BCUT2D eigenvalue weighted by molar-refractivity contribution is 6.61. The summed E-state index contributed by atoms with van der Waals surface area (Å²) in [5.74, 6) is -2.42. The second kappa shape index (κ2) is 13.9. The number of nitrogens with one attached hydrogen (secondary N) is 2. The fraction of sp³-hybridized carbons (Fsp3) is 0.400. The van der Waals surface area contributed by atoms with Gasteiger partial charge in [0.2, 0.25) is 17.7 Å². The maximum Gasteiger partial charge on any atom is 0.491 e. The minimum atomic E-state index is -4.63. The summed E-state index contributed by atoms with van der Waals surface area (Å²) in [6.07, 6.45) is -6.89. The van der Waals surface area contributed by atoms with E-state index in [-0.39, 0.29) is 44.0 Å². The van der Waals surface area contributed by atoms with E-state index in [1.807, 2.05) is 0 Å². The van der Waals surface area contributed by atoms with Crippen LogP contribution in [-0.4, -0.2) is 78.1 Å². The number of amides is 3. The molecule has 1 heterocycles. The van der Waals surface area contributed by atoms with Crippen LogP contribution in [0.15, 0.2) is 42.5 Å². The molecule has 12 nitrogen and oxygen atoms in total. The van der Waals surface area contributed by atoms with Crippen molar-refractivity contribution in [1.82, 2.24) is 10.2 Å². The third kappa shape index (κ3) is 8.25. The van der Waals surface area contributed by atoms with E-state index in [1.54, 1.807) is 6.07 Å². The van der Waals surface area contributed by atoms with Gasteiger partial charge in [0.1, 0.15) is 12.1 Å². The number of nitrogens with zero attached hydrogens (tertiary/aromatic N) is 1. The molecule has 0 spiro atoms. The van der Waals surface area contributed by atoms with Crippen LogP contribution in [0.5, 0.6) is 0 Å². The van der Waals surface area contributed by atoms with E-state index in [2.05, 4.69) is 10.6 Å². The Kier molecular flexibility index (Phi) is 10.8. The Hall–Kier alpha value is -3.54. The van der Waals surface area contributed by atoms with Crippen molar-refractivity contribution in [3.63, 3.8) is 0 Å². The van der Waals surface area contributed by atoms with Crippen LogP contribution in [0, 0.1) is 0 Å². The number of anilines is 1. The molecular weight excluding hydrogens is 548 g/mol. The van der Waals surface area contributed by atoms with Crippen LogP contribution in [0.4, 0.5) is 18.9 Å². The molecule has 222 valence electrons. The molecule has 0 saturated carbocycles. The largest absolute Gasteiger partial charge is 0.491 e. The number of nitrogens with two attached hydrogens (primary N) is 3. The second-order valence-corrected chi connectivity index (χ2v) is 9.39. The lowest BCUT2D eigenvalue weighted by molar-refractivity contribution is -0.137. The highest BCUT2D eigenvalue weighted by atomic mass is 19.4. The van der Waals surface area contributed by atoms with Gasteiger partial charge in [0.15, 0.2) is 0 Å². The zero-order valence-corrected chi connectivity index (χ0v) is 21.9. The lowest BCUT2D eigenvalue weighted by atomic mass is 9.79. The van der Waals surface area contributed by atoms with Crippen molar-refractivity contribution >= 4 is 36.0 Å². The molecule has 0 bridgehead atoms. The minimum Gasteiger partial charge on any atom is -0.423 e. The van der Waals surface area contributed by atoms with E-state index in [1.165, 1.54) is 17.0 Å². The summed E-state index contributed by atoms with van der Waals surface area (Å²) in [7, 11) is -1.20. The molecule has 0 aliphatic carbocycles. The number of fused-ring (bicyclic) bond motifs is 1. The third-order valence-electron chi connectivity index (χ3n) is 6.43. The monoisotopic (exact) mass is 580 g/mol. The number of aliphatic hydroxyl groups is 1. The molecule has 0 fully saturated rings. The zero-order chi connectivity index (χ0) is 30.3. The Morgan fingerprint density at radius 2 is 1.68 bits per heavy atom. The predicted octanol–water partition coefficient (Wildman–Crippen LogP) is -1.46. The normalized spacial score (nSPS) is 15.1. The molecule has 0 aromatic heterocycles. The summed E-state index contributed by atoms with van der Waals surface area (Å²) in [5, 5.41) is 25.8. The summed E-state index contributed by atoms with van der Waals surface area (Å²) in [6.45, 7) is 0.840. The Labute approximate surface area is 234 Å². The smallest absolute Gasteiger partial charge is 0.423 e. The molecule has 2 aromatic carbocycles. The standard InChI is InChI=1S/C25H32BF3N6O6/c27-25(28,29)16-4-1-14(2-5-16)22(37)21(24(39)33-17-6-3-15-13-41-26(40)18(15)11-17)34-23(38)19(32)12-20(36)35(9-7-30)10-8-31/h1-6,11,19,21-22,37,40H,7-10,12-13,30-32H2,(H,33,39)(H,34,38)/t19-,21-,22+/m0/s1. The first-order chi connectivity index (χ1) is 19.3. The van der Waals surface area contributed by atoms with Gasteiger partial charge >= 0.3 is 13.3 Å². The minimum absolute atomic E-state index is 0.0991. The summed E-state index contributed by atoms with van der Waals surface area (Å²) < 4.78 is 44.2. The van der Waals surface area contributed by atoms with E-state index in [0.717, 1.165) is 24.3 Å². The Morgan fingerprint density at radius 3 is 2.27 bits per heavy atom. The maximum absolute atomic E-state index is 13.3. The first-order valence-electron chi connectivity index (χ1n) is 12.7. The van der Waals surface area contributed by atoms with Gasteiger partial charge in [-0.1, -0.05) is 18.2 Å². The third-order valence-corrected chi connectivity index (χ3v) is 6.43. The summed E-state index contributed by atoms with van der Waals surface area (Å²) in [5.41, 5.74) is 17.2. The van der Waals surface area contributed by atoms with Gasteiger partial charge in [-0.3, -0.25) is 14.4 Å². The number of halogens is 3. The average Bonchev–Trinajstić information content (AvgIpc) is 3.30. The van der Waals surface area contributed by atoms with Gasteiger partial charge in [-0.05, 0) is 40.9 Å². The number of hydrogen-bond acceptors (Lipinski definition) is 9. The molecule has 41 heavy (non-hydrogen) atoms. The highest BCUT2D eigenvalue weighted by Gasteiger charge is 2.35.